The number of piperidine rings is 1. The fraction of sp³-hybridized carbons (Fsp3) is 0.769. The molecular weight excluding hydrogens is 186 g/mol. The molecule has 0 aromatic rings. The molecule has 0 aromatic carbocycles. The van der Waals surface area contributed by atoms with E-state index in [2.05, 4.69) is 18.4 Å². The molecule has 0 spiro atoms. The van der Waals surface area contributed by atoms with E-state index in [1.54, 1.807) is 6.92 Å². The van der Waals surface area contributed by atoms with Crippen molar-refractivity contribution < 1.29 is 4.79 Å². The van der Waals surface area contributed by atoms with Gasteiger partial charge in [0.1, 0.15) is 5.78 Å². The van der Waals surface area contributed by atoms with Gasteiger partial charge in [-0.3, -0.25) is 9.69 Å². The molecule has 0 aromatic heterocycles. The minimum absolute atomic E-state index is 0.314. The first-order chi connectivity index (χ1) is 7.13. The zero-order valence-corrected chi connectivity index (χ0v) is 10.1. The van der Waals surface area contributed by atoms with Gasteiger partial charge in [-0.1, -0.05) is 25.5 Å². The number of hydrogen-bond donors (Lipinski definition) is 0. The van der Waals surface area contributed by atoms with E-state index in [1.165, 1.54) is 24.8 Å². The van der Waals surface area contributed by atoms with Crippen molar-refractivity contribution in [3.8, 4) is 0 Å². The summed E-state index contributed by atoms with van der Waals surface area (Å²) in [5.74, 6) is 0.314. The van der Waals surface area contributed by atoms with Gasteiger partial charge in [-0.15, -0.1) is 0 Å². The van der Waals surface area contributed by atoms with E-state index in [1.807, 2.05) is 0 Å². The third-order valence-corrected chi connectivity index (χ3v) is 3.20. The van der Waals surface area contributed by atoms with Gasteiger partial charge in [0.2, 0.25) is 0 Å². The van der Waals surface area contributed by atoms with Crippen molar-refractivity contribution in [3.63, 3.8) is 0 Å². The Balaban J connectivity index is 2.49. The topological polar surface area (TPSA) is 20.3 Å². The van der Waals surface area contributed by atoms with Crippen LogP contribution in [0.4, 0.5) is 0 Å². The second kappa shape index (κ2) is 6.06. The Kier molecular flexibility index (Phi) is 5.03. The van der Waals surface area contributed by atoms with Crippen LogP contribution >= 0.6 is 0 Å². The predicted octanol–water partition coefficient (Wildman–Crippen LogP) is 2.79. The average molecular weight is 209 g/mol. The second-order valence-electron chi connectivity index (χ2n) is 4.63. The molecule has 15 heavy (non-hydrogen) atoms. The lowest BCUT2D eigenvalue weighted by Gasteiger charge is -2.35. The summed E-state index contributed by atoms with van der Waals surface area (Å²) in [6.45, 7) is 10.0. The summed E-state index contributed by atoms with van der Waals surface area (Å²) in [6.07, 6.45) is 5.48. The predicted molar refractivity (Wildman–Crippen MR) is 63.9 cm³/mol. The number of ketones is 1. The fourth-order valence-electron chi connectivity index (χ4n) is 2.23. The zero-order chi connectivity index (χ0) is 11.3. The van der Waals surface area contributed by atoms with Crippen LogP contribution in [0.25, 0.3) is 0 Å². The molecule has 0 radical (unpaired) electrons. The van der Waals surface area contributed by atoms with Crippen LogP contribution in [0.15, 0.2) is 12.2 Å². The van der Waals surface area contributed by atoms with E-state index in [-0.39, 0.29) is 0 Å². The molecule has 1 aliphatic heterocycles. The summed E-state index contributed by atoms with van der Waals surface area (Å²) in [5.41, 5.74) is 1.28. The summed E-state index contributed by atoms with van der Waals surface area (Å²) in [7, 11) is 0. The highest BCUT2D eigenvalue weighted by atomic mass is 16.1. The minimum atomic E-state index is 0.314. The summed E-state index contributed by atoms with van der Waals surface area (Å²) in [5, 5.41) is 0. The number of hydrogen-bond acceptors (Lipinski definition) is 2. The third-order valence-electron chi connectivity index (χ3n) is 3.20. The van der Waals surface area contributed by atoms with Crippen LogP contribution in [-0.4, -0.2) is 29.8 Å². The fourth-order valence-corrected chi connectivity index (χ4v) is 2.23. The number of carbonyl (C=O) groups is 1. The molecular formula is C13H23NO. The maximum atomic E-state index is 11.2. The SMILES string of the molecule is C=C(CC)CN1CCCCC1CC(C)=O. The van der Waals surface area contributed by atoms with Crippen LogP contribution in [0.5, 0.6) is 0 Å². The lowest BCUT2D eigenvalue weighted by molar-refractivity contribution is -0.118. The van der Waals surface area contributed by atoms with Gasteiger partial charge in [-0.05, 0) is 32.7 Å². The van der Waals surface area contributed by atoms with Crippen molar-refractivity contribution in [2.45, 2.75) is 52.0 Å². The van der Waals surface area contributed by atoms with Crippen molar-refractivity contribution in [3.05, 3.63) is 12.2 Å². The molecule has 86 valence electrons. The van der Waals surface area contributed by atoms with E-state index >= 15 is 0 Å². The van der Waals surface area contributed by atoms with Gasteiger partial charge in [0.25, 0.3) is 0 Å². The van der Waals surface area contributed by atoms with E-state index in [0.29, 0.717) is 11.8 Å². The van der Waals surface area contributed by atoms with Gasteiger partial charge in [-0.25, -0.2) is 0 Å². The van der Waals surface area contributed by atoms with E-state index < -0.39 is 0 Å². The van der Waals surface area contributed by atoms with Crippen LogP contribution in [-0.2, 0) is 4.79 Å². The van der Waals surface area contributed by atoms with Crippen LogP contribution < -0.4 is 0 Å². The Bertz CT molecular complexity index is 235. The molecule has 1 aliphatic rings. The highest BCUT2D eigenvalue weighted by Gasteiger charge is 2.23. The van der Waals surface area contributed by atoms with E-state index in [4.69, 9.17) is 0 Å². The van der Waals surface area contributed by atoms with Crippen LogP contribution in [0, 0.1) is 0 Å². The first-order valence-electron chi connectivity index (χ1n) is 6.03. The van der Waals surface area contributed by atoms with Gasteiger partial charge >= 0.3 is 0 Å². The molecule has 0 saturated carbocycles. The zero-order valence-electron chi connectivity index (χ0n) is 10.1. The maximum Gasteiger partial charge on any atom is 0.131 e. The molecule has 0 aliphatic carbocycles. The number of nitrogens with zero attached hydrogens (tertiary/aromatic N) is 1. The molecule has 1 rings (SSSR count). The molecule has 2 nitrogen and oxygen atoms in total. The highest BCUT2D eigenvalue weighted by molar-refractivity contribution is 5.76. The first-order valence-corrected chi connectivity index (χ1v) is 6.03. The van der Waals surface area contributed by atoms with Gasteiger partial charge < -0.3 is 0 Å². The van der Waals surface area contributed by atoms with Crippen molar-refractivity contribution in [1.29, 1.82) is 0 Å². The third kappa shape index (κ3) is 4.17. The maximum absolute atomic E-state index is 11.2. The Hall–Kier alpha value is -0.630. The smallest absolute Gasteiger partial charge is 0.131 e. The van der Waals surface area contributed by atoms with Crippen molar-refractivity contribution in [2.24, 2.45) is 0 Å². The summed E-state index contributed by atoms with van der Waals surface area (Å²) in [4.78, 5) is 13.6. The number of likely N-dealkylation sites (tertiary alicyclic amines) is 1. The molecule has 2 heteroatoms. The van der Waals surface area contributed by atoms with Crippen molar-refractivity contribution >= 4 is 5.78 Å². The molecule has 1 fully saturated rings. The quantitative estimate of drug-likeness (QED) is 0.649. The standard InChI is InChI=1S/C13H23NO/c1-4-11(2)10-14-8-6-5-7-13(14)9-12(3)15/h13H,2,4-10H2,1,3H3. The molecule has 0 amide bonds. The number of rotatable bonds is 5. The minimum Gasteiger partial charge on any atom is -0.300 e. The number of carbonyl (C=O) groups excluding carboxylic acids is 1. The molecule has 1 unspecified atom stereocenters. The lowest BCUT2D eigenvalue weighted by Crippen LogP contribution is -2.41. The second-order valence-corrected chi connectivity index (χ2v) is 4.63. The van der Waals surface area contributed by atoms with Gasteiger partial charge in [0.05, 0.1) is 0 Å². The molecule has 0 bridgehead atoms. The van der Waals surface area contributed by atoms with Gasteiger partial charge in [0, 0.05) is 19.0 Å². The van der Waals surface area contributed by atoms with Crippen molar-refractivity contribution in [2.75, 3.05) is 13.1 Å². The molecule has 1 saturated heterocycles. The van der Waals surface area contributed by atoms with Crippen molar-refractivity contribution in [1.82, 2.24) is 4.90 Å². The average Bonchev–Trinajstić information content (AvgIpc) is 2.20. The normalized spacial score (nSPS) is 22.7. The summed E-state index contributed by atoms with van der Waals surface area (Å²) < 4.78 is 0. The summed E-state index contributed by atoms with van der Waals surface area (Å²) in [6, 6.07) is 0.472. The van der Waals surface area contributed by atoms with Gasteiger partial charge in [-0.2, -0.15) is 0 Å². The molecule has 1 heterocycles. The lowest BCUT2D eigenvalue weighted by atomic mass is 9.97. The van der Waals surface area contributed by atoms with E-state index in [9.17, 15) is 4.79 Å². The Morgan fingerprint density at radius 3 is 2.80 bits per heavy atom. The van der Waals surface area contributed by atoms with Gasteiger partial charge in [0.15, 0.2) is 0 Å². The van der Waals surface area contributed by atoms with Crippen LogP contribution in [0.1, 0.15) is 46.0 Å². The Morgan fingerprint density at radius 1 is 1.47 bits per heavy atom. The summed E-state index contributed by atoms with van der Waals surface area (Å²) >= 11 is 0. The van der Waals surface area contributed by atoms with Crippen LogP contribution in [0.2, 0.25) is 0 Å². The first kappa shape index (κ1) is 12.4. The Labute approximate surface area is 93.3 Å². The molecule has 0 N–H and O–H groups in total. The number of Topliss-reactive ketones (excluding diaryl/α,β-unsaturated/α-hetero) is 1. The Morgan fingerprint density at radius 2 is 2.20 bits per heavy atom. The largest absolute Gasteiger partial charge is 0.300 e. The molecule has 1 atom stereocenters. The van der Waals surface area contributed by atoms with Crippen LogP contribution in [0.3, 0.4) is 0 Å². The highest BCUT2D eigenvalue weighted by Crippen LogP contribution is 2.21. The van der Waals surface area contributed by atoms with E-state index in [0.717, 1.165) is 25.9 Å². The monoisotopic (exact) mass is 209 g/mol.